The van der Waals surface area contributed by atoms with E-state index in [2.05, 4.69) is 10.2 Å². The summed E-state index contributed by atoms with van der Waals surface area (Å²) in [6.45, 7) is 0. The molecule has 0 bridgehead atoms. The smallest absolute Gasteiger partial charge is 0.233 e. The lowest BCUT2D eigenvalue weighted by atomic mass is 10.1. The fraction of sp³-hybridized carbons (Fsp3) is 0. The Kier molecular flexibility index (Phi) is 2.10. The van der Waals surface area contributed by atoms with Gasteiger partial charge >= 0.3 is 0 Å². The summed E-state index contributed by atoms with van der Waals surface area (Å²) in [5, 5.41) is 7.04. The first-order valence-electron chi connectivity index (χ1n) is 4.11. The van der Waals surface area contributed by atoms with Crippen LogP contribution in [0.3, 0.4) is 0 Å². The van der Waals surface area contributed by atoms with Crippen LogP contribution in [-0.4, -0.2) is 10.2 Å². The van der Waals surface area contributed by atoms with Crippen LogP contribution < -0.4 is 5.73 Å². The van der Waals surface area contributed by atoms with Gasteiger partial charge in [-0.3, -0.25) is 0 Å². The van der Waals surface area contributed by atoms with E-state index in [0.29, 0.717) is 11.4 Å². The summed E-state index contributed by atoms with van der Waals surface area (Å²) in [7, 11) is 0. The number of nitrogens with two attached hydrogens (primary N) is 1. The lowest BCUT2D eigenvalue weighted by Gasteiger charge is -1.99. The Balaban J connectivity index is 2.40. The second-order valence-electron chi connectivity index (χ2n) is 2.86. The number of hydrogen-bond acceptors (Lipinski definition) is 3. The molecule has 2 aromatic rings. The maximum Gasteiger partial charge on any atom is 0.233 e. The van der Waals surface area contributed by atoms with Crippen molar-refractivity contribution in [2.45, 2.75) is 0 Å². The van der Waals surface area contributed by atoms with E-state index in [1.165, 1.54) is 6.07 Å². The Hall–Kier alpha value is -1.97. The van der Waals surface area contributed by atoms with Gasteiger partial charge in [-0.2, -0.15) is 4.39 Å². The third-order valence-electron chi connectivity index (χ3n) is 1.84. The van der Waals surface area contributed by atoms with E-state index in [0.717, 1.165) is 5.56 Å². The SMILES string of the molecule is Nc1ccc(-c2ccc(F)nn2)cc1. The van der Waals surface area contributed by atoms with Crippen molar-refractivity contribution in [3.05, 3.63) is 42.3 Å². The number of benzene rings is 1. The summed E-state index contributed by atoms with van der Waals surface area (Å²) in [6.07, 6.45) is 0. The predicted octanol–water partition coefficient (Wildman–Crippen LogP) is 1.86. The molecule has 0 aliphatic rings. The Labute approximate surface area is 80.4 Å². The fourth-order valence-corrected chi connectivity index (χ4v) is 1.12. The predicted molar refractivity (Wildman–Crippen MR) is 51.8 cm³/mol. The summed E-state index contributed by atoms with van der Waals surface area (Å²) < 4.78 is 12.5. The largest absolute Gasteiger partial charge is 0.399 e. The zero-order valence-corrected chi connectivity index (χ0v) is 7.31. The van der Waals surface area contributed by atoms with Gasteiger partial charge in [0.05, 0.1) is 5.69 Å². The molecule has 14 heavy (non-hydrogen) atoms. The summed E-state index contributed by atoms with van der Waals surface area (Å²) in [5.41, 5.74) is 7.72. The van der Waals surface area contributed by atoms with Gasteiger partial charge in [-0.05, 0) is 24.3 Å². The first-order chi connectivity index (χ1) is 6.75. The first kappa shape index (κ1) is 8.62. The van der Waals surface area contributed by atoms with Crippen molar-refractivity contribution in [1.29, 1.82) is 0 Å². The molecule has 0 amide bonds. The minimum atomic E-state index is -0.579. The number of nitrogens with zero attached hydrogens (tertiary/aromatic N) is 2. The van der Waals surface area contributed by atoms with Crippen molar-refractivity contribution in [2.24, 2.45) is 0 Å². The van der Waals surface area contributed by atoms with Crippen LogP contribution in [0.5, 0.6) is 0 Å². The van der Waals surface area contributed by atoms with E-state index in [1.807, 2.05) is 12.1 Å². The van der Waals surface area contributed by atoms with Gasteiger partial charge in [0.1, 0.15) is 0 Å². The molecule has 70 valence electrons. The number of anilines is 1. The molecule has 0 saturated heterocycles. The molecule has 0 atom stereocenters. The molecular weight excluding hydrogens is 181 g/mol. The van der Waals surface area contributed by atoms with Crippen LogP contribution in [0.15, 0.2) is 36.4 Å². The molecule has 1 aromatic heterocycles. The monoisotopic (exact) mass is 189 g/mol. The van der Waals surface area contributed by atoms with Crippen LogP contribution in [0.4, 0.5) is 10.1 Å². The van der Waals surface area contributed by atoms with Crippen LogP contribution in [-0.2, 0) is 0 Å². The fourth-order valence-electron chi connectivity index (χ4n) is 1.12. The third-order valence-corrected chi connectivity index (χ3v) is 1.84. The lowest BCUT2D eigenvalue weighted by molar-refractivity contribution is 0.564. The average Bonchev–Trinajstić information content (AvgIpc) is 2.21. The van der Waals surface area contributed by atoms with Crippen LogP contribution in [0.25, 0.3) is 11.3 Å². The van der Waals surface area contributed by atoms with Crippen molar-refractivity contribution in [2.75, 3.05) is 5.73 Å². The van der Waals surface area contributed by atoms with Crippen molar-refractivity contribution in [1.82, 2.24) is 10.2 Å². The maximum absolute atomic E-state index is 12.5. The van der Waals surface area contributed by atoms with Crippen molar-refractivity contribution >= 4 is 5.69 Å². The Morgan fingerprint density at radius 3 is 2.21 bits per heavy atom. The third kappa shape index (κ3) is 1.69. The Bertz CT molecular complexity index is 379. The van der Waals surface area contributed by atoms with Crippen molar-refractivity contribution in [3.63, 3.8) is 0 Å². The average molecular weight is 189 g/mol. The molecule has 3 nitrogen and oxygen atoms in total. The highest BCUT2D eigenvalue weighted by Crippen LogP contribution is 2.17. The van der Waals surface area contributed by atoms with Crippen LogP contribution in [0.1, 0.15) is 0 Å². The van der Waals surface area contributed by atoms with Crippen LogP contribution in [0.2, 0.25) is 0 Å². The number of aromatic nitrogens is 2. The van der Waals surface area contributed by atoms with Gasteiger partial charge in [0, 0.05) is 11.3 Å². The molecule has 2 N–H and O–H groups in total. The molecule has 0 spiro atoms. The van der Waals surface area contributed by atoms with Gasteiger partial charge in [-0.15, -0.1) is 10.2 Å². The molecule has 0 unspecified atom stereocenters. The standard InChI is InChI=1S/C10H8FN3/c11-10-6-5-9(13-14-10)7-1-3-8(12)4-2-7/h1-6H,12H2. The second-order valence-corrected chi connectivity index (χ2v) is 2.86. The second kappa shape index (κ2) is 3.41. The van der Waals surface area contributed by atoms with E-state index in [1.54, 1.807) is 18.2 Å². The molecule has 0 fully saturated rings. The van der Waals surface area contributed by atoms with Gasteiger partial charge in [-0.1, -0.05) is 12.1 Å². The minimum absolute atomic E-state index is 0.579. The topological polar surface area (TPSA) is 51.8 Å². The summed E-state index contributed by atoms with van der Waals surface area (Å²) in [6, 6.07) is 10.0. The number of rotatable bonds is 1. The quantitative estimate of drug-likeness (QED) is 0.696. The minimum Gasteiger partial charge on any atom is -0.399 e. The highest BCUT2D eigenvalue weighted by molar-refractivity contribution is 5.61. The Morgan fingerprint density at radius 2 is 1.64 bits per heavy atom. The van der Waals surface area contributed by atoms with Crippen molar-refractivity contribution in [3.8, 4) is 11.3 Å². The van der Waals surface area contributed by atoms with E-state index in [-0.39, 0.29) is 0 Å². The highest BCUT2D eigenvalue weighted by atomic mass is 19.1. The summed E-state index contributed by atoms with van der Waals surface area (Å²) in [4.78, 5) is 0. The van der Waals surface area contributed by atoms with E-state index in [4.69, 9.17) is 5.73 Å². The maximum atomic E-state index is 12.5. The van der Waals surface area contributed by atoms with Gasteiger partial charge in [-0.25, -0.2) is 0 Å². The van der Waals surface area contributed by atoms with Crippen LogP contribution >= 0.6 is 0 Å². The summed E-state index contributed by atoms with van der Waals surface area (Å²) >= 11 is 0. The van der Waals surface area contributed by atoms with Crippen molar-refractivity contribution < 1.29 is 4.39 Å². The molecule has 1 heterocycles. The lowest BCUT2D eigenvalue weighted by Crippen LogP contribution is -1.90. The van der Waals surface area contributed by atoms with Gasteiger partial charge in [0.2, 0.25) is 5.95 Å². The zero-order valence-electron chi connectivity index (χ0n) is 7.31. The normalized spacial score (nSPS) is 10.1. The Morgan fingerprint density at radius 1 is 0.929 bits per heavy atom. The molecular formula is C10H8FN3. The number of hydrogen-bond donors (Lipinski definition) is 1. The molecule has 0 aliphatic carbocycles. The molecule has 1 aromatic carbocycles. The van der Waals surface area contributed by atoms with Gasteiger partial charge in [0.15, 0.2) is 0 Å². The molecule has 0 saturated carbocycles. The summed E-state index contributed by atoms with van der Waals surface area (Å²) in [5.74, 6) is -0.579. The number of halogens is 1. The zero-order chi connectivity index (χ0) is 9.97. The molecule has 4 heteroatoms. The molecule has 2 rings (SSSR count). The van der Waals surface area contributed by atoms with Gasteiger partial charge in [0.25, 0.3) is 0 Å². The molecule has 0 radical (unpaired) electrons. The number of nitrogen functional groups attached to an aromatic ring is 1. The first-order valence-corrected chi connectivity index (χ1v) is 4.11. The van der Waals surface area contributed by atoms with E-state index >= 15 is 0 Å². The molecule has 0 aliphatic heterocycles. The highest BCUT2D eigenvalue weighted by Gasteiger charge is 1.99. The van der Waals surface area contributed by atoms with Gasteiger partial charge < -0.3 is 5.73 Å². The van der Waals surface area contributed by atoms with E-state index in [9.17, 15) is 4.39 Å². The van der Waals surface area contributed by atoms with E-state index < -0.39 is 5.95 Å². The van der Waals surface area contributed by atoms with Crippen LogP contribution in [0, 0.1) is 5.95 Å².